The van der Waals surface area contributed by atoms with Crippen LogP contribution in [-0.2, 0) is 0 Å². The van der Waals surface area contributed by atoms with Crippen molar-refractivity contribution in [3.63, 3.8) is 0 Å². The van der Waals surface area contributed by atoms with Gasteiger partial charge in [0.15, 0.2) is 0 Å². The van der Waals surface area contributed by atoms with E-state index < -0.39 is 0 Å². The standard InChI is InChI=1S/C13H19NO2/c1-4-10(5-2)14-13(16)11-8-6-7-9(3)12(11)15/h6-8,10,15H,4-5H2,1-3H3,(H,14,16). The molecule has 1 aromatic rings. The van der Waals surface area contributed by atoms with Crippen molar-refractivity contribution in [1.82, 2.24) is 5.32 Å². The van der Waals surface area contributed by atoms with Crippen LogP contribution in [0.15, 0.2) is 18.2 Å². The lowest BCUT2D eigenvalue weighted by atomic mass is 10.1. The molecule has 0 fully saturated rings. The molecule has 3 nitrogen and oxygen atoms in total. The predicted octanol–water partition coefficient (Wildman–Crippen LogP) is 2.62. The summed E-state index contributed by atoms with van der Waals surface area (Å²) in [4.78, 5) is 11.9. The fourth-order valence-electron chi connectivity index (χ4n) is 1.60. The van der Waals surface area contributed by atoms with Gasteiger partial charge in [-0.3, -0.25) is 4.79 Å². The highest BCUT2D eigenvalue weighted by molar-refractivity contribution is 5.97. The average molecular weight is 221 g/mol. The Balaban J connectivity index is 2.84. The number of phenols is 1. The minimum absolute atomic E-state index is 0.0750. The van der Waals surface area contributed by atoms with Crippen molar-refractivity contribution < 1.29 is 9.90 Å². The molecule has 0 heterocycles. The maximum absolute atomic E-state index is 11.9. The summed E-state index contributed by atoms with van der Waals surface area (Å²) in [6.45, 7) is 5.85. The quantitative estimate of drug-likeness (QED) is 0.821. The smallest absolute Gasteiger partial charge is 0.255 e. The number of aromatic hydroxyl groups is 1. The molecule has 0 aliphatic rings. The van der Waals surface area contributed by atoms with E-state index in [4.69, 9.17) is 0 Å². The third kappa shape index (κ3) is 2.75. The van der Waals surface area contributed by atoms with E-state index in [2.05, 4.69) is 5.32 Å². The molecule has 2 N–H and O–H groups in total. The van der Waals surface area contributed by atoms with Crippen molar-refractivity contribution in [1.29, 1.82) is 0 Å². The van der Waals surface area contributed by atoms with E-state index in [1.807, 2.05) is 13.8 Å². The molecule has 0 saturated carbocycles. The molecule has 0 atom stereocenters. The van der Waals surface area contributed by atoms with Gasteiger partial charge in [-0.05, 0) is 31.4 Å². The lowest BCUT2D eigenvalue weighted by Gasteiger charge is -2.15. The summed E-state index contributed by atoms with van der Waals surface area (Å²) in [7, 11) is 0. The van der Waals surface area contributed by atoms with Crippen LogP contribution in [0.4, 0.5) is 0 Å². The summed E-state index contributed by atoms with van der Waals surface area (Å²) in [5.41, 5.74) is 1.07. The zero-order valence-electron chi connectivity index (χ0n) is 10.1. The summed E-state index contributed by atoms with van der Waals surface area (Å²) < 4.78 is 0. The Bertz CT molecular complexity index is 370. The van der Waals surface area contributed by atoms with Gasteiger partial charge < -0.3 is 10.4 Å². The van der Waals surface area contributed by atoms with Gasteiger partial charge in [-0.1, -0.05) is 26.0 Å². The lowest BCUT2D eigenvalue weighted by molar-refractivity contribution is 0.0932. The first kappa shape index (κ1) is 12.6. The minimum Gasteiger partial charge on any atom is -0.507 e. The van der Waals surface area contributed by atoms with Crippen LogP contribution in [0.5, 0.6) is 5.75 Å². The molecular formula is C13H19NO2. The third-order valence-corrected chi connectivity index (χ3v) is 2.80. The van der Waals surface area contributed by atoms with Crippen molar-refractivity contribution in [3.05, 3.63) is 29.3 Å². The highest BCUT2D eigenvalue weighted by Crippen LogP contribution is 2.21. The number of rotatable bonds is 4. The molecule has 0 spiro atoms. The molecule has 0 bridgehead atoms. The van der Waals surface area contributed by atoms with Crippen molar-refractivity contribution in [2.75, 3.05) is 0 Å². The topological polar surface area (TPSA) is 49.3 Å². The zero-order chi connectivity index (χ0) is 12.1. The maximum Gasteiger partial charge on any atom is 0.255 e. The van der Waals surface area contributed by atoms with Crippen LogP contribution in [0.25, 0.3) is 0 Å². The summed E-state index contributed by atoms with van der Waals surface area (Å²) in [6.07, 6.45) is 1.80. The Labute approximate surface area is 96.5 Å². The van der Waals surface area contributed by atoms with Crippen LogP contribution in [0.1, 0.15) is 42.6 Å². The number of nitrogens with one attached hydrogen (secondary N) is 1. The van der Waals surface area contributed by atoms with E-state index >= 15 is 0 Å². The Morgan fingerprint density at radius 3 is 2.56 bits per heavy atom. The molecular weight excluding hydrogens is 202 g/mol. The number of amides is 1. The van der Waals surface area contributed by atoms with Crippen LogP contribution in [0.2, 0.25) is 0 Å². The van der Waals surface area contributed by atoms with Crippen LogP contribution < -0.4 is 5.32 Å². The SMILES string of the molecule is CCC(CC)NC(=O)c1cccc(C)c1O. The van der Waals surface area contributed by atoms with E-state index in [0.717, 1.165) is 18.4 Å². The lowest BCUT2D eigenvalue weighted by Crippen LogP contribution is -2.33. The second-order valence-electron chi connectivity index (χ2n) is 3.96. The first-order chi connectivity index (χ1) is 7.60. The van der Waals surface area contributed by atoms with E-state index in [-0.39, 0.29) is 17.7 Å². The molecule has 88 valence electrons. The van der Waals surface area contributed by atoms with E-state index in [9.17, 15) is 9.90 Å². The van der Waals surface area contributed by atoms with Gasteiger partial charge in [0.25, 0.3) is 5.91 Å². The van der Waals surface area contributed by atoms with Crippen molar-refractivity contribution in [2.24, 2.45) is 0 Å². The van der Waals surface area contributed by atoms with Gasteiger partial charge in [-0.15, -0.1) is 0 Å². The molecule has 1 amide bonds. The predicted molar refractivity (Wildman–Crippen MR) is 64.7 cm³/mol. The molecule has 0 aliphatic heterocycles. The molecule has 3 heteroatoms. The number of hydrogen-bond donors (Lipinski definition) is 2. The Morgan fingerprint density at radius 1 is 1.38 bits per heavy atom. The van der Waals surface area contributed by atoms with Gasteiger partial charge in [-0.25, -0.2) is 0 Å². The number of carbonyl (C=O) groups is 1. The monoisotopic (exact) mass is 221 g/mol. The number of hydrogen-bond acceptors (Lipinski definition) is 2. The van der Waals surface area contributed by atoms with Gasteiger partial charge in [0.2, 0.25) is 0 Å². The average Bonchev–Trinajstić information content (AvgIpc) is 2.29. The fourth-order valence-corrected chi connectivity index (χ4v) is 1.60. The van der Waals surface area contributed by atoms with E-state index in [1.165, 1.54) is 0 Å². The molecule has 1 aromatic carbocycles. The zero-order valence-corrected chi connectivity index (χ0v) is 10.1. The minimum atomic E-state index is -0.199. The molecule has 0 saturated heterocycles. The number of para-hydroxylation sites is 1. The Morgan fingerprint density at radius 2 is 2.00 bits per heavy atom. The van der Waals surface area contributed by atoms with Crippen LogP contribution in [0, 0.1) is 6.92 Å². The second kappa shape index (κ2) is 5.54. The summed E-state index contributed by atoms with van der Waals surface area (Å²) in [6, 6.07) is 5.37. The van der Waals surface area contributed by atoms with E-state index in [1.54, 1.807) is 25.1 Å². The van der Waals surface area contributed by atoms with Gasteiger partial charge in [-0.2, -0.15) is 0 Å². The number of benzene rings is 1. The van der Waals surface area contributed by atoms with Gasteiger partial charge in [0.05, 0.1) is 5.56 Å². The maximum atomic E-state index is 11.9. The van der Waals surface area contributed by atoms with Gasteiger partial charge in [0.1, 0.15) is 5.75 Å². The van der Waals surface area contributed by atoms with Crippen LogP contribution in [-0.4, -0.2) is 17.1 Å². The van der Waals surface area contributed by atoms with Crippen molar-refractivity contribution in [3.8, 4) is 5.75 Å². The first-order valence-corrected chi connectivity index (χ1v) is 5.69. The Hall–Kier alpha value is -1.51. The van der Waals surface area contributed by atoms with Gasteiger partial charge >= 0.3 is 0 Å². The highest BCUT2D eigenvalue weighted by atomic mass is 16.3. The number of carbonyl (C=O) groups excluding carboxylic acids is 1. The number of aryl methyl sites for hydroxylation is 1. The fraction of sp³-hybridized carbons (Fsp3) is 0.462. The second-order valence-corrected chi connectivity index (χ2v) is 3.96. The van der Waals surface area contributed by atoms with Gasteiger partial charge in [0, 0.05) is 6.04 Å². The largest absolute Gasteiger partial charge is 0.507 e. The molecule has 0 unspecified atom stereocenters. The number of phenolic OH excluding ortho intramolecular Hbond substituents is 1. The molecule has 0 aromatic heterocycles. The van der Waals surface area contributed by atoms with Crippen molar-refractivity contribution >= 4 is 5.91 Å². The molecule has 0 aliphatic carbocycles. The molecule has 1 rings (SSSR count). The van der Waals surface area contributed by atoms with Crippen molar-refractivity contribution in [2.45, 2.75) is 39.7 Å². The molecule has 16 heavy (non-hydrogen) atoms. The Kier molecular flexibility index (Phi) is 4.35. The summed E-state index contributed by atoms with van der Waals surface area (Å²) in [5, 5.41) is 12.7. The summed E-state index contributed by atoms with van der Waals surface area (Å²) >= 11 is 0. The third-order valence-electron chi connectivity index (χ3n) is 2.80. The van der Waals surface area contributed by atoms with Crippen LogP contribution in [0.3, 0.4) is 0 Å². The van der Waals surface area contributed by atoms with Crippen LogP contribution >= 0.6 is 0 Å². The molecule has 0 radical (unpaired) electrons. The summed E-state index contributed by atoms with van der Waals surface area (Å²) in [5.74, 6) is -0.124. The first-order valence-electron chi connectivity index (χ1n) is 5.69. The normalized spacial score (nSPS) is 10.5. The highest BCUT2D eigenvalue weighted by Gasteiger charge is 2.14. The van der Waals surface area contributed by atoms with E-state index in [0.29, 0.717) is 5.56 Å².